The number of benzene rings is 1. The summed E-state index contributed by atoms with van der Waals surface area (Å²) in [5, 5.41) is 20.5. The Morgan fingerprint density at radius 1 is 1.12 bits per heavy atom. The van der Waals surface area contributed by atoms with Crippen molar-refractivity contribution in [2.75, 3.05) is 0 Å². The van der Waals surface area contributed by atoms with Crippen molar-refractivity contribution in [1.82, 2.24) is 20.5 Å². The molecule has 4 rings (SSSR count). The number of aromatic amines is 1. The van der Waals surface area contributed by atoms with Gasteiger partial charge < -0.3 is 10.4 Å². The SMILES string of the molecule is O=C(NC(c1ccccc1)C1(O)CCC1)c1ccc(-c2cn[nH]c2)cn1. The fourth-order valence-electron chi connectivity index (χ4n) is 3.31. The van der Waals surface area contributed by atoms with Crippen LogP contribution in [0.1, 0.15) is 41.4 Å². The number of carbonyl (C=O) groups excluding carboxylic acids is 1. The number of H-pyrrole nitrogens is 1. The molecule has 0 spiro atoms. The van der Waals surface area contributed by atoms with Crippen molar-refractivity contribution in [1.29, 1.82) is 0 Å². The molecule has 1 atom stereocenters. The minimum absolute atomic E-state index is 0.294. The number of nitrogens with one attached hydrogen (secondary N) is 2. The highest BCUT2D eigenvalue weighted by Crippen LogP contribution is 2.42. The lowest BCUT2D eigenvalue weighted by Gasteiger charge is -2.43. The van der Waals surface area contributed by atoms with Gasteiger partial charge in [-0.3, -0.25) is 14.9 Å². The second-order valence-electron chi connectivity index (χ2n) is 6.69. The van der Waals surface area contributed by atoms with E-state index in [1.54, 1.807) is 24.7 Å². The maximum absolute atomic E-state index is 12.7. The number of carbonyl (C=O) groups is 1. The van der Waals surface area contributed by atoms with E-state index < -0.39 is 11.6 Å². The average molecular weight is 348 g/mol. The number of hydrogen-bond donors (Lipinski definition) is 3. The summed E-state index contributed by atoms with van der Waals surface area (Å²) >= 11 is 0. The highest BCUT2D eigenvalue weighted by Gasteiger charge is 2.44. The standard InChI is InChI=1S/C20H20N4O2/c25-19(17-8-7-15(11-21-17)16-12-22-23-13-16)24-18(20(26)9-4-10-20)14-5-2-1-3-6-14/h1-3,5-8,11-13,18,26H,4,9-10H2,(H,22,23)(H,24,25). The number of nitrogens with zero attached hydrogens (tertiary/aromatic N) is 2. The number of aliphatic hydroxyl groups is 1. The summed E-state index contributed by atoms with van der Waals surface area (Å²) in [5.74, 6) is -0.294. The van der Waals surface area contributed by atoms with Crippen molar-refractivity contribution in [2.45, 2.75) is 30.9 Å². The Kier molecular flexibility index (Phi) is 4.26. The largest absolute Gasteiger partial charge is 0.387 e. The molecule has 3 aromatic rings. The lowest BCUT2D eigenvalue weighted by atomic mass is 9.72. The molecular weight excluding hydrogens is 328 g/mol. The van der Waals surface area contributed by atoms with Gasteiger partial charge in [0.25, 0.3) is 5.91 Å². The van der Waals surface area contributed by atoms with E-state index in [9.17, 15) is 9.90 Å². The molecule has 26 heavy (non-hydrogen) atoms. The van der Waals surface area contributed by atoms with E-state index in [4.69, 9.17) is 0 Å². The maximum Gasteiger partial charge on any atom is 0.270 e. The van der Waals surface area contributed by atoms with Gasteiger partial charge in [0.1, 0.15) is 5.69 Å². The van der Waals surface area contributed by atoms with Gasteiger partial charge in [0.2, 0.25) is 0 Å². The van der Waals surface area contributed by atoms with Crippen LogP contribution in [0.4, 0.5) is 0 Å². The molecule has 1 fully saturated rings. The van der Waals surface area contributed by atoms with Crippen molar-refractivity contribution in [3.8, 4) is 11.1 Å². The van der Waals surface area contributed by atoms with E-state index in [-0.39, 0.29) is 5.91 Å². The van der Waals surface area contributed by atoms with E-state index in [2.05, 4.69) is 20.5 Å². The Hall–Kier alpha value is -2.99. The quantitative estimate of drug-likeness (QED) is 0.661. The molecule has 0 radical (unpaired) electrons. The summed E-state index contributed by atoms with van der Waals surface area (Å²) in [6, 6.07) is 12.7. The Morgan fingerprint density at radius 3 is 2.50 bits per heavy atom. The Balaban J connectivity index is 1.55. The second-order valence-corrected chi connectivity index (χ2v) is 6.69. The van der Waals surface area contributed by atoms with Gasteiger partial charge in [0.15, 0.2) is 0 Å². The smallest absolute Gasteiger partial charge is 0.270 e. The van der Waals surface area contributed by atoms with Gasteiger partial charge in [-0.05, 0) is 30.9 Å². The molecule has 0 saturated heterocycles. The summed E-state index contributed by atoms with van der Waals surface area (Å²) in [7, 11) is 0. The van der Waals surface area contributed by atoms with Gasteiger partial charge in [-0.1, -0.05) is 36.4 Å². The lowest BCUT2D eigenvalue weighted by molar-refractivity contribution is -0.0641. The molecular formula is C20H20N4O2. The molecule has 1 unspecified atom stereocenters. The minimum Gasteiger partial charge on any atom is -0.387 e. The van der Waals surface area contributed by atoms with Crippen LogP contribution in [-0.2, 0) is 0 Å². The number of hydrogen-bond acceptors (Lipinski definition) is 4. The predicted octanol–water partition coefficient (Wildman–Crippen LogP) is 2.86. The van der Waals surface area contributed by atoms with Gasteiger partial charge in [0, 0.05) is 23.5 Å². The van der Waals surface area contributed by atoms with Crippen LogP contribution in [0.25, 0.3) is 11.1 Å². The zero-order valence-electron chi connectivity index (χ0n) is 14.2. The summed E-state index contributed by atoms with van der Waals surface area (Å²) in [6.07, 6.45) is 7.45. The zero-order valence-corrected chi connectivity index (χ0v) is 14.2. The van der Waals surface area contributed by atoms with Crippen LogP contribution in [-0.4, -0.2) is 31.8 Å². The lowest BCUT2D eigenvalue weighted by Crippen LogP contribution is -2.50. The molecule has 132 valence electrons. The Morgan fingerprint density at radius 2 is 1.92 bits per heavy atom. The second kappa shape index (κ2) is 6.72. The van der Waals surface area contributed by atoms with Crippen LogP contribution in [0.2, 0.25) is 0 Å². The van der Waals surface area contributed by atoms with Gasteiger partial charge in [-0.2, -0.15) is 5.10 Å². The molecule has 1 amide bonds. The van der Waals surface area contributed by atoms with E-state index in [0.717, 1.165) is 23.1 Å². The molecule has 2 aromatic heterocycles. The highest BCUT2D eigenvalue weighted by molar-refractivity contribution is 5.93. The summed E-state index contributed by atoms with van der Waals surface area (Å²) in [4.78, 5) is 17.0. The molecule has 2 heterocycles. The summed E-state index contributed by atoms with van der Waals surface area (Å²) < 4.78 is 0. The molecule has 0 bridgehead atoms. The molecule has 1 aromatic carbocycles. The summed E-state index contributed by atoms with van der Waals surface area (Å²) in [5.41, 5.74) is 2.12. The van der Waals surface area contributed by atoms with Crippen molar-refractivity contribution in [3.63, 3.8) is 0 Å². The number of aromatic nitrogens is 3. The van der Waals surface area contributed by atoms with E-state index in [0.29, 0.717) is 18.5 Å². The van der Waals surface area contributed by atoms with Gasteiger partial charge in [-0.15, -0.1) is 0 Å². The predicted molar refractivity (Wildman–Crippen MR) is 97.3 cm³/mol. The molecule has 6 heteroatoms. The Labute approximate surface area is 151 Å². The van der Waals surface area contributed by atoms with Crippen molar-refractivity contribution in [3.05, 3.63) is 72.3 Å². The van der Waals surface area contributed by atoms with E-state index in [1.165, 1.54) is 0 Å². The third-order valence-electron chi connectivity index (χ3n) is 4.99. The summed E-state index contributed by atoms with van der Waals surface area (Å²) in [6.45, 7) is 0. The Bertz CT molecular complexity index is 872. The van der Waals surface area contributed by atoms with Crippen molar-refractivity contribution >= 4 is 5.91 Å². The van der Waals surface area contributed by atoms with Crippen LogP contribution >= 0.6 is 0 Å². The van der Waals surface area contributed by atoms with Crippen LogP contribution in [0.3, 0.4) is 0 Å². The first kappa shape index (κ1) is 16.5. The zero-order chi connectivity index (χ0) is 18.0. The normalized spacial score (nSPS) is 16.5. The third-order valence-corrected chi connectivity index (χ3v) is 4.99. The molecule has 1 aliphatic carbocycles. The van der Waals surface area contributed by atoms with Crippen LogP contribution in [0.15, 0.2) is 61.1 Å². The third kappa shape index (κ3) is 3.11. The van der Waals surface area contributed by atoms with Gasteiger partial charge in [-0.25, -0.2) is 0 Å². The fourth-order valence-corrected chi connectivity index (χ4v) is 3.31. The first-order chi connectivity index (χ1) is 12.7. The van der Waals surface area contributed by atoms with Crippen molar-refractivity contribution in [2.24, 2.45) is 0 Å². The first-order valence-electron chi connectivity index (χ1n) is 8.69. The first-order valence-corrected chi connectivity index (χ1v) is 8.69. The molecule has 0 aliphatic heterocycles. The average Bonchev–Trinajstić information content (AvgIpc) is 3.20. The van der Waals surface area contributed by atoms with E-state index in [1.807, 2.05) is 36.4 Å². The molecule has 1 aliphatic rings. The molecule has 3 N–H and O–H groups in total. The van der Waals surface area contributed by atoms with E-state index >= 15 is 0 Å². The topological polar surface area (TPSA) is 90.9 Å². The number of rotatable bonds is 5. The van der Waals surface area contributed by atoms with Crippen LogP contribution in [0.5, 0.6) is 0 Å². The fraction of sp³-hybridized carbons (Fsp3) is 0.250. The number of amides is 1. The van der Waals surface area contributed by atoms with Crippen LogP contribution in [0, 0.1) is 0 Å². The number of pyridine rings is 1. The molecule has 1 saturated carbocycles. The van der Waals surface area contributed by atoms with Gasteiger partial charge in [0.05, 0.1) is 17.8 Å². The maximum atomic E-state index is 12.7. The minimum atomic E-state index is -0.895. The van der Waals surface area contributed by atoms with Crippen molar-refractivity contribution < 1.29 is 9.90 Å². The van der Waals surface area contributed by atoms with Crippen LogP contribution < -0.4 is 5.32 Å². The monoisotopic (exact) mass is 348 g/mol. The highest BCUT2D eigenvalue weighted by atomic mass is 16.3. The van der Waals surface area contributed by atoms with Gasteiger partial charge >= 0.3 is 0 Å². The molecule has 6 nitrogen and oxygen atoms in total.